The summed E-state index contributed by atoms with van der Waals surface area (Å²) in [5, 5.41) is 16.5. The molecule has 172 valence electrons. The average molecular weight is 430 g/mol. The summed E-state index contributed by atoms with van der Waals surface area (Å²) in [4.78, 5) is 58.9. The molecule has 0 saturated carbocycles. The van der Waals surface area contributed by atoms with Crippen molar-refractivity contribution in [2.75, 3.05) is 6.54 Å². The molecule has 0 spiro atoms. The minimum atomic E-state index is -1.31. The van der Waals surface area contributed by atoms with Crippen LogP contribution in [-0.4, -0.2) is 59.4 Å². The van der Waals surface area contributed by atoms with Crippen LogP contribution >= 0.6 is 0 Å². The number of aliphatic carboxylic acids is 1. The van der Waals surface area contributed by atoms with E-state index in [2.05, 4.69) is 16.0 Å². The maximum atomic E-state index is 12.5. The molecule has 0 bridgehead atoms. The lowest BCUT2D eigenvalue weighted by molar-refractivity contribution is -0.142. The molecular weight excluding hydrogens is 394 g/mol. The van der Waals surface area contributed by atoms with Crippen LogP contribution in [0.4, 0.5) is 0 Å². The zero-order chi connectivity index (χ0) is 23.4. The van der Waals surface area contributed by atoms with Gasteiger partial charge in [-0.3, -0.25) is 19.2 Å². The summed E-state index contributed by atoms with van der Waals surface area (Å²) in [5.41, 5.74) is 10.8. The maximum absolute atomic E-state index is 12.5. The lowest BCUT2D eigenvalue weighted by Crippen LogP contribution is -2.54. The van der Waals surface area contributed by atoms with E-state index in [-0.39, 0.29) is 37.6 Å². The van der Waals surface area contributed by atoms with Crippen molar-refractivity contribution < 1.29 is 29.1 Å². The summed E-state index contributed by atoms with van der Waals surface area (Å²) in [6.07, 6.45) is 0.345. The molecule has 30 heavy (non-hydrogen) atoms. The lowest BCUT2D eigenvalue weighted by Gasteiger charge is -2.23. The molecule has 0 aromatic carbocycles. The van der Waals surface area contributed by atoms with Crippen molar-refractivity contribution in [3.63, 3.8) is 0 Å². The molecule has 4 amide bonds. The molecule has 0 aromatic rings. The first-order valence-electron chi connectivity index (χ1n) is 9.97. The Balaban J connectivity index is 4.90. The number of amides is 4. The number of rotatable bonds is 14. The number of carbonyl (C=O) groups excluding carboxylic acids is 4. The highest BCUT2D eigenvalue weighted by Crippen LogP contribution is 2.07. The van der Waals surface area contributed by atoms with Crippen molar-refractivity contribution in [2.24, 2.45) is 23.3 Å². The van der Waals surface area contributed by atoms with E-state index in [0.29, 0.717) is 6.42 Å². The number of carboxylic acids is 1. The Kier molecular flexibility index (Phi) is 12.3. The van der Waals surface area contributed by atoms with Gasteiger partial charge in [-0.25, -0.2) is 4.79 Å². The highest BCUT2D eigenvalue weighted by atomic mass is 16.4. The largest absolute Gasteiger partial charge is 0.480 e. The molecule has 11 heteroatoms. The van der Waals surface area contributed by atoms with Crippen LogP contribution in [0.5, 0.6) is 0 Å². The van der Waals surface area contributed by atoms with Crippen molar-refractivity contribution in [1.29, 1.82) is 0 Å². The standard InChI is InChI=1S/C19H35N5O6/c1-10(2)7-12(20)17(27)22-9-16(26)23-14(8-11(3)4)18(28)24-13(19(29)30)5-6-15(21)25/h10-14H,5-9,20H2,1-4H3,(H2,21,25)(H,22,27)(H,23,26)(H,24,28)(H,29,30). The van der Waals surface area contributed by atoms with Crippen LogP contribution in [0.2, 0.25) is 0 Å². The van der Waals surface area contributed by atoms with Crippen molar-refractivity contribution in [3.05, 3.63) is 0 Å². The molecule has 3 unspecified atom stereocenters. The molecule has 0 aliphatic rings. The fourth-order valence-corrected chi connectivity index (χ4v) is 2.68. The van der Waals surface area contributed by atoms with E-state index < -0.39 is 47.7 Å². The normalized spacial score (nSPS) is 14.0. The monoisotopic (exact) mass is 429 g/mol. The molecule has 3 atom stereocenters. The van der Waals surface area contributed by atoms with Gasteiger partial charge in [0.05, 0.1) is 12.6 Å². The molecule has 0 aliphatic heterocycles. The molecule has 8 N–H and O–H groups in total. The summed E-state index contributed by atoms with van der Waals surface area (Å²) < 4.78 is 0. The van der Waals surface area contributed by atoms with Gasteiger partial charge in [-0.15, -0.1) is 0 Å². The molecule has 0 radical (unpaired) electrons. The summed E-state index contributed by atoms with van der Waals surface area (Å²) in [6, 6.07) is -3.06. The van der Waals surface area contributed by atoms with Crippen LogP contribution in [0.15, 0.2) is 0 Å². The summed E-state index contributed by atoms with van der Waals surface area (Å²) in [5.74, 6) is -3.54. The smallest absolute Gasteiger partial charge is 0.326 e. The summed E-state index contributed by atoms with van der Waals surface area (Å²) >= 11 is 0. The topological polar surface area (TPSA) is 194 Å². The maximum Gasteiger partial charge on any atom is 0.326 e. The van der Waals surface area contributed by atoms with Gasteiger partial charge in [0.2, 0.25) is 23.6 Å². The molecule has 0 heterocycles. The van der Waals surface area contributed by atoms with Crippen LogP contribution in [-0.2, 0) is 24.0 Å². The minimum Gasteiger partial charge on any atom is -0.480 e. The van der Waals surface area contributed by atoms with Gasteiger partial charge in [-0.05, 0) is 31.1 Å². The Morgan fingerprint density at radius 2 is 1.43 bits per heavy atom. The van der Waals surface area contributed by atoms with Crippen molar-refractivity contribution >= 4 is 29.6 Å². The molecule has 0 aromatic heterocycles. The number of hydrogen-bond acceptors (Lipinski definition) is 6. The van der Waals surface area contributed by atoms with Crippen molar-refractivity contribution in [3.8, 4) is 0 Å². The van der Waals surface area contributed by atoms with Gasteiger partial charge in [0.15, 0.2) is 0 Å². The molecular formula is C19H35N5O6. The Hall–Kier alpha value is -2.69. The van der Waals surface area contributed by atoms with Crippen LogP contribution in [0.3, 0.4) is 0 Å². The predicted molar refractivity (Wildman–Crippen MR) is 110 cm³/mol. The summed E-state index contributed by atoms with van der Waals surface area (Å²) in [7, 11) is 0. The van der Waals surface area contributed by atoms with Gasteiger partial charge < -0.3 is 32.5 Å². The third-order valence-corrected chi connectivity index (χ3v) is 4.14. The van der Waals surface area contributed by atoms with Gasteiger partial charge in [0.1, 0.15) is 12.1 Å². The predicted octanol–water partition coefficient (Wildman–Crippen LogP) is -1.16. The highest BCUT2D eigenvalue weighted by Gasteiger charge is 2.27. The first kappa shape index (κ1) is 27.3. The van der Waals surface area contributed by atoms with Crippen LogP contribution in [0.1, 0.15) is 53.4 Å². The summed E-state index contributed by atoms with van der Waals surface area (Å²) in [6.45, 7) is 7.14. The molecule has 0 saturated heterocycles. The van der Waals surface area contributed by atoms with Gasteiger partial charge in [0, 0.05) is 6.42 Å². The van der Waals surface area contributed by atoms with E-state index in [4.69, 9.17) is 11.5 Å². The Labute approximate surface area is 176 Å². The quantitative estimate of drug-likeness (QED) is 0.200. The van der Waals surface area contributed by atoms with Crippen LogP contribution in [0.25, 0.3) is 0 Å². The van der Waals surface area contributed by atoms with Crippen molar-refractivity contribution in [1.82, 2.24) is 16.0 Å². The highest BCUT2D eigenvalue weighted by molar-refractivity contribution is 5.92. The molecule has 0 aliphatic carbocycles. The van der Waals surface area contributed by atoms with E-state index >= 15 is 0 Å². The number of nitrogens with one attached hydrogen (secondary N) is 3. The Morgan fingerprint density at radius 1 is 0.867 bits per heavy atom. The van der Waals surface area contributed by atoms with Gasteiger partial charge in [-0.1, -0.05) is 27.7 Å². The van der Waals surface area contributed by atoms with E-state index in [0.717, 1.165) is 0 Å². The van der Waals surface area contributed by atoms with E-state index in [1.807, 2.05) is 27.7 Å². The first-order chi connectivity index (χ1) is 13.8. The molecule has 11 nitrogen and oxygen atoms in total. The van der Waals surface area contributed by atoms with Crippen molar-refractivity contribution in [2.45, 2.75) is 71.5 Å². The number of nitrogens with two attached hydrogens (primary N) is 2. The second-order valence-electron chi connectivity index (χ2n) is 8.11. The first-order valence-corrected chi connectivity index (χ1v) is 9.97. The number of hydrogen-bond donors (Lipinski definition) is 6. The molecule has 0 fully saturated rings. The van der Waals surface area contributed by atoms with Gasteiger partial charge >= 0.3 is 5.97 Å². The van der Waals surface area contributed by atoms with Crippen LogP contribution < -0.4 is 27.4 Å². The SMILES string of the molecule is CC(C)CC(N)C(=O)NCC(=O)NC(CC(C)C)C(=O)NC(CCC(N)=O)C(=O)O. The fraction of sp³-hybridized carbons (Fsp3) is 0.737. The third-order valence-electron chi connectivity index (χ3n) is 4.14. The van der Waals surface area contributed by atoms with E-state index in [1.165, 1.54) is 0 Å². The average Bonchev–Trinajstić information content (AvgIpc) is 2.60. The lowest BCUT2D eigenvalue weighted by atomic mass is 10.0. The van der Waals surface area contributed by atoms with Gasteiger partial charge in [-0.2, -0.15) is 0 Å². The van der Waals surface area contributed by atoms with Crippen LogP contribution in [0, 0.1) is 11.8 Å². The Bertz CT molecular complexity index is 623. The Morgan fingerprint density at radius 3 is 1.90 bits per heavy atom. The minimum absolute atomic E-state index is 0.0176. The zero-order valence-electron chi connectivity index (χ0n) is 18.1. The second kappa shape index (κ2) is 13.5. The van der Waals surface area contributed by atoms with E-state index in [1.54, 1.807) is 0 Å². The fourth-order valence-electron chi connectivity index (χ4n) is 2.68. The number of primary amides is 1. The van der Waals surface area contributed by atoms with E-state index in [9.17, 15) is 29.1 Å². The number of carboxylic acid groups (broad SMARTS) is 1. The van der Waals surface area contributed by atoms with Gasteiger partial charge in [0.25, 0.3) is 0 Å². The number of carbonyl (C=O) groups is 5. The third kappa shape index (κ3) is 12.0. The second-order valence-corrected chi connectivity index (χ2v) is 8.11. The molecule has 0 rings (SSSR count). The zero-order valence-corrected chi connectivity index (χ0v) is 18.1.